The Morgan fingerprint density at radius 2 is 1.78 bits per heavy atom. The van der Waals surface area contributed by atoms with E-state index >= 15 is 0 Å². The lowest BCUT2D eigenvalue weighted by atomic mass is 10.1. The Balaban J connectivity index is 1.48. The van der Waals surface area contributed by atoms with E-state index in [4.69, 9.17) is 11.6 Å². The number of tetrazole rings is 1. The molecule has 1 amide bonds. The summed E-state index contributed by atoms with van der Waals surface area (Å²) in [5, 5.41) is 20.9. The summed E-state index contributed by atoms with van der Waals surface area (Å²) < 4.78 is 1.89. The highest BCUT2D eigenvalue weighted by atomic mass is 35.5. The van der Waals surface area contributed by atoms with Crippen molar-refractivity contribution in [2.75, 3.05) is 0 Å². The van der Waals surface area contributed by atoms with Crippen molar-refractivity contribution in [3.63, 3.8) is 0 Å². The molecular formula is C23H24ClN7O. The summed E-state index contributed by atoms with van der Waals surface area (Å²) >= 11 is 5.94. The maximum atomic E-state index is 13.0. The van der Waals surface area contributed by atoms with Crippen LogP contribution in [0.15, 0.2) is 54.6 Å². The smallest absolute Gasteiger partial charge is 0.247 e. The highest BCUT2D eigenvalue weighted by molar-refractivity contribution is 6.30. The van der Waals surface area contributed by atoms with E-state index in [1.165, 1.54) is 4.80 Å². The first-order chi connectivity index (χ1) is 15.5. The lowest BCUT2D eigenvalue weighted by Crippen LogP contribution is -2.33. The summed E-state index contributed by atoms with van der Waals surface area (Å²) in [6.45, 7) is 6.24. The van der Waals surface area contributed by atoms with Gasteiger partial charge in [-0.25, -0.2) is 4.68 Å². The molecule has 1 N–H and O–H groups in total. The van der Waals surface area contributed by atoms with E-state index in [0.29, 0.717) is 23.8 Å². The summed E-state index contributed by atoms with van der Waals surface area (Å²) in [5.74, 6) is 0.280. The first-order valence-electron chi connectivity index (χ1n) is 10.4. The van der Waals surface area contributed by atoms with Gasteiger partial charge in [0.2, 0.25) is 11.7 Å². The van der Waals surface area contributed by atoms with Crippen LogP contribution in [0, 0.1) is 13.8 Å². The average Bonchev–Trinajstić information content (AvgIpc) is 3.39. The van der Waals surface area contributed by atoms with Crippen molar-refractivity contribution in [2.24, 2.45) is 0 Å². The molecule has 32 heavy (non-hydrogen) atoms. The molecular weight excluding hydrogens is 426 g/mol. The summed E-state index contributed by atoms with van der Waals surface area (Å²) in [7, 11) is 0. The highest BCUT2D eigenvalue weighted by Crippen LogP contribution is 2.20. The van der Waals surface area contributed by atoms with Crippen LogP contribution in [-0.2, 0) is 11.3 Å². The molecule has 4 aromatic rings. The molecule has 0 radical (unpaired) electrons. The second-order valence-electron chi connectivity index (χ2n) is 7.48. The number of aromatic nitrogens is 6. The van der Waals surface area contributed by atoms with E-state index in [1.54, 1.807) is 12.1 Å². The van der Waals surface area contributed by atoms with Gasteiger partial charge in [0.15, 0.2) is 6.04 Å². The third-order valence-corrected chi connectivity index (χ3v) is 5.63. The van der Waals surface area contributed by atoms with Gasteiger partial charge in [0.1, 0.15) is 0 Å². The van der Waals surface area contributed by atoms with Crippen molar-refractivity contribution in [3.8, 4) is 17.1 Å². The van der Waals surface area contributed by atoms with Gasteiger partial charge in [0.25, 0.3) is 0 Å². The molecule has 8 nitrogen and oxygen atoms in total. The highest BCUT2D eigenvalue weighted by Gasteiger charge is 2.23. The van der Waals surface area contributed by atoms with Gasteiger partial charge in [-0.2, -0.15) is 9.90 Å². The van der Waals surface area contributed by atoms with Crippen molar-refractivity contribution in [2.45, 2.75) is 39.8 Å². The van der Waals surface area contributed by atoms with E-state index in [2.05, 4.69) is 25.8 Å². The lowest BCUT2D eigenvalue weighted by molar-refractivity contribution is -0.125. The lowest BCUT2D eigenvalue weighted by Gasteiger charge is -2.14. The number of carbonyl (C=O) groups excluding carboxylic acids is 1. The molecule has 0 aliphatic rings. The Morgan fingerprint density at radius 3 is 2.47 bits per heavy atom. The fourth-order valence-electron chi connectivity index (χ4n) is 3.57. The molecule has 0 saturated heterocycles. The average molecular weight is 450 g/mol. The maximum Gasteiger partial charge on any atom is 0.247 e. The standard InChI is InChI=1S/C23H24ClN7O/c1-4-21(31-28-22(26-29-31)17-10-12-18(24)13-11-17)23(32)25-14-20-15(2)27-30(16(20)3)19-8-6-5-7-9-19/h5-13,21H,4,14H2,1-3H3,(H,25,32). The molecule has 4 rings (SSSR count). The Labute approximate surface area is 191 Å². The molecule has 2 aromatic carbocycles. The van der Waals surface area contributed by atoms with E-state index < -0.39 is 6.04 Å². The molecule has 0 spiro atoms. The van der Waals surface area contributed by atoms with Crippen molar-refractivity contribution in [1.82, 2.24) is 35.3 Å². The third kappa shape index (κ3) is 4.40. The molecule has 1 unspecified atom stereocenters. The maximum absolute atomic E-state index is 13.0. The molecule has 0 bridgehead atoms. The molecule has 2 aromatic heterocycles. The van der Waals surface area contributed by atoms with Crippen molar-refractivity contribution in [1.29, 1.82) is 0 Å². The monoisotopic (exact) mass is 449 g/mol. The Bertz CT molecular complexity index is 1220. The number of amides is 1. The topological polar surface area (TPSA) is 90.5 Å². The summed E-state index contributed by atoms with van der Waals surface area (Å²) in [5.41, 5.74) is 4.63. The van der Waals surface area contributed by atoms with E-state index in [9.17, 15) is 4.79 Å². The number of nitrogens with zero attached hydrogens (tertiary/aromatic N) is 6. The third-order valence-electron chi connectivity index (χ3n) is 5.38. The normalized spacial score (nSPS) is 12.0. The molecule has 164 valence electrons. The quantitative estimate of drug-likeness (QED) is 0.459. The van der Waals surface area contributed by atoms with Gasteiger partial charge < -0.3 is 5.32 Å². The van der Waals surface area contributed by atoms with Crippen molar-refractivity contribution in [3.05, 3.63) is 76.6 Å². The zero-order valence-corrected chi connectivity index (χ0v) is 18.9. The second kappa shape index (κ2) is 9.32. The van der Waals surface area contributed by atoms with Crippen LogP contribution in [0.25, 0.3) is 17.1 Å². The minimum atomic E-state index is -0.562. The fraction of sp³-hybridized carbons (Fsp3) is 0.261. The summed E-state index contributed by atoms with van der Waals surface area (Å²) in [6, 6.07) is 16.5. The Kier molecular flexibility index (Phi) is 6.32. The number of para-hydroxylation sites is 1. The minimum Gasteiger partial charge on any atom is -0.350 e. The van der Waals surface area contributed by atoms with Crippen LogP contribution in [0.4, 0.5) is 0 Å². The van der Waals surface area contributed by atoms with Crippen LogP contribution < -0.4 is 5.32 Å². The molecule has 9 heteroatoms. The van der Waals surface area contributed by atoms with Gasteiger partial charge in [-0.3, -0.25) is 4.79 Å². The first kappa shape index (κ1) is 21.7. The fourth-order valence-corrected chi connectivity index (χ4v) is 3.70. The van der Waals surface area contributed by atoms with Crippen LogP contribution in [-0.4, -0.2) is 35.9 Å². The van der Waals surface area contributed by atoms with Crippen LogP contribution in [0.1, 0.15) is 36.3 Å². The summed E-state index contributed by atoms with van der Waals surface area (Å²) in [4.78, 5) is 14.3. The zero-order valence-electron chi connectivity index (χ0n) is 18.2. The van der Waals surface area contributed by atoms with E-state index in [0.717, 1.165) is 28.2 Å². The minimum absolute atomic E-state index is 0.168. The van der Waals surface area contributed by atoms with E-state index in [1.807, 2.05) is 67.9 Å². The molecule has 0 aliphatic heterocycles. The van der Waals surface area contributed by atoms with Gasteiger partial charge in [0.05, 0.1) is 11.4 Å². The number of benzene rings is 2. The van der Waals surface area contributed by atoms with Gasteiger partial charge in [-0.1, -0.05) is 36.7 Å². The number of nitrogens with one attached hydrogen (secondary N) is 1. The SMILES string of the molecule is CCC(C(=O)NCc1c(C)nn(-c2ccccc2)c1C)n1nnc(-c2ccc(Cl)cc2)n1. The number of aryl methyl sites for hydroxylation is 1. The Hall–Kier alpha value is -3.52. The van der Waals surface area contributed by atoms with Crippen molar-refractivity contribution < 1.29 is 4.79 Å². The van der Waals surface area contributed by atoms with Gasteiger partial charge in [-0.15, -0.1) is 10.2 Å². The van der Waals surface area contributed by atoms with E-state index in [-0.39, 0.29) is 5.91 Å². The predicted octanol–water partition coefficient (Wildman–Crippen LogP) is 4.06. The molecule has 0 fully saturated rings. The summed E-state index contributed by atoms with van der Waals surface area (Å²) in [6.07, 6.45) is 0.531. The zero-order chi connectivity index (χ0) is 22.7. The van der Waals surface area contributed by atoms with Gasteiger partial charge in [-0.05, 0) is 61.9 Å². The number of hydrogen-bond donors (Lipinski definition) is 1. The molecule has 0 saturated carbocycles. The number of hydrogen-bond acceptors (Lipinski definition) is 5. The second-order valence-corrected chi connectivity index (χ2v) is 7.92. The van der Waals surface area contributed by atoms with Crippen LogP contribution >= 0.6 is 11.6 Å². The number of rotatable bonds is 7. The number of halogens is 1. The first-order valence-corrected chi connectivity index (χ1v) is 10.8. The molecule has 1 atom stereocenters. The Morgan fingerprint density at radius 1 is 1.06 bits per heavy atom. The molecule has 0 aliphatic carbocycles. The van der Waals surface area contributed by atoms with Crippen molar-refractivity contribution >= 4 is 17.5 Å². The largest absolute Gasteiger partial charge is 0.350 e. The number of carbonyl (C=O) groups is 1. The van der Waals surface area contributed by atoms with Gasteiger partial charge >= 0.3 is 0 Å². The van der Waals surface area contributed by atoms with Crippen LogP contribution in [0.3, 0.4) is 0 Å². The van der Waals surface area contributed by atoms with Gasteiger partial charge in [0, 0.05) is 28.4 Å². The van der Waals surface area contributed by atoms with Crippen LogP contribution in [0.2, 0.25) is 5.02 Å². The molecule has 2 heterocycles. The predicted molar refractivity (Wildman–Crippen MR) is 122 cm³/mol. The van der Waals surface area contributed by atoms with Crippen LogP contribution in [0.5, 0.6) is 0 Å².